The lowest BCUT2D eigenvalue weighted by Crippen LogP contribution is -2.07. The molecule has 0 fully saturated rings. The van der Waals surface area contributed by atoms with Gasteiger partial charge in [0.2, 0.25) is 5.78 Å². The summed E-state index contributed by atoms with van der Waals surface area (Å²) in [5.41, 5.74) is 1.91. The van der Waals surface area contributed by atoms with Gasteiger partial charge in [0.25, 0.3) is 0 Å². The second-order valence-electron chi connectivity index (χ2n) is 6.82. The van der Waals surface area contributed by atoms with Crippen LogP contribution in [0.1, 0.15) is 55.1 Å². The van der Waals surface area contributed by atoms with Crippen LogP contribution >= 0.6 is 11.6 Å². The van der Waals surface area contributed by atoms with Crippen LogP contribution in [0.15, 0.2) is 46.9 Å². The van der Waals surface area contributed by atoms with E-state index < -0.39 is 0 Å². The number of fused-ring (bicyclic) bond motifs is 1. The third-order valence-electron chi connectivity index (χ3n) is 4.80. The Bertz CT molecular complexity index is 948. The van der Waals surface area contributed by atoms with E-state index in [1.165, 1.54) is 25.7 Å². The molecule has 0 saturated carbocycles. The summed E-state index contributed by atoms with van der Waals surface area (Å²) in [6.45, 7) is 3.01. The molecule has 0 atom stereocenters. The van der Waals surface area contributed by atoms with E-state index >= 15 is 0 Å². The molecule has 148 valence electrons. The molecule has 0 amide bonds. The van der Waals surface area contributed by atoms with E-state index in [2.05, 4.69) is 12.2 Å². The van der Waals surface area contributed by atoms with Crippen molar-refractivity contribution in [3.05, 3.63) is 58.8 Å². The van der Waals surface area contributed by atoms with E-state index in [4.69, 9.17) is 20.8 Å². The minimum Gasteiger partial charge on any atom is -0.495 e. The van der Waals surface area contributed by atoms with Crippen molar-refractivity contribution in [2.75, 3.05) is 19.0 Å². The molecule has 0 spiro atoms. The third kappa shape index (κ3) is 4.50. The van der Waals surface area contributed by atoms with E-state index in [-0.39, 0.29) is 5.78 Å². The molecule has 2 aromatic carbocycles. The van der Waals surface area contributed by atoms with Crippen LogP contribution in [0.25, 0.3) is 11.0 Å². The molecule has 0 aliphatic carbocycles. The predicted molar refractivity (Wildman–Crippen MR) is 115 cm³/mol. The highest BCUT2D eigenvalue weighted by atomic mass is 35.5. The molecular weight excluding hydrogens is 374 g/mol. The lowest BCUT2D eigenvalue weighted by Gasteiger charge is -2.08. The number of para-hydroxylation sites is 1. The van der Waals surface area contributed by atoms with Crippen molar-refractivity contribution in [2.24, 2.45) is 0 Å². The van der Waals surface area contributed by atoms with Gasteiger partial charge in [-0.15, -0.1) is 0 Å². The van der Waals surface area contributed by atoms with Crippen LogP contribution in [0.2, 0.25) is 5.02 Å². The highest BCUT2D eigenvalue weighted by Crippen LogP contribution is 2.34. The van der Waals surface area contributed by atoms with Gasteiger partial charge in [0.1, 0.15) is 11.3 Å². The fourth-order valence-corrected chi connectivity index (χ4v) is 3.52. The second kappa shape index (κ2) is 9.65. The Hall–Kier alpha value is -2.46. The standard InChI is InChI=1S/C23H26ClNO3/c1-3-4-5-6-9-14-25-21-17-10-7-8-11-19(17)28-23(21)22(26)16-12-13-20(27-2)18(24)15-16/h7-8,10-13,15,25H,3-6,9,14H2,1-2H3. The molecule has 0 radical (unpaired) electrons. The van der Waals surface area contributed by atoms with Gasteiger partial charge in [0.15, 0.2) is 5.76 Å². The quantitative estimate of drug-likeness (QED) is 0.304. The molecular formula is C23H26ClNO3. The van der Waals surface area contributed by atoms with Gasteiger partial charge in [0, 0.05) is 17.5 Å². The largest absolute Gasteiger partial charge is 0.495 e. The van der Waals surface area contributed by atoms with Gasteiger partial charge in [-0.25, -0.2) is 0 Å². The zero-order valence-electron chi connectivity index (χ0n) is 16.4. The average Bonchev–Trinajstić information content (AvgIpc) is 3.08. The smallest absolute Gasteiger partial charge is 0.230 e. The van der Waals surface area contributed by atoms with E-state index in [1.807, 2.05) is 24.3 Å². The van der Waals surface area contributed by atoms with Crippen LogP contribution in [-0.2, 0) is 0 Å². The Labute approximate surface area is 170 Å². The molecule has 1 N–H and O–H groups in total. The monoisotopic (exact) mass is 399 g/mol. The summed E-state index contributed by atoms with van der Waals surface area (Å²) in [7, 11) is 1.55. The number of hydrogen-bond acceptors (Lipinski definition) is 4. The average molecular weight is 400 g/mol. The van der Waals surface area contributed by atoms with Gasteiger partial charge in [-0.2, -0.15) is 0 Å². The van der Waals surface area contributed by atoms with Crippen LogP contribution in [0, 0.1) is 0 Å². The Balaban J connectivity index is 1.85. The van der Waals surface area contributed by atoms with Crippen LogP contribution in [0.4, 0.5) is 5.69 Å². The van der Waals surface area contributed by atoms with Gasteiger partial charge in [-0.1, -0.05) is 56.3 Å². The van der Waals surface area contributed by atoms with Gasteiger partial charge >= 0.3 is 0 Å². The van der Waals surface area contributed by atoms with Crippen molar-refractivity contribution in [3.8, 4) is 5.75 Å². The maximum atomic E-state index is 13.1. The Morgan fingerprint density at radius 1 is 1.11 bits per heavy atom. The summed E-state index contributed by atoms with van der Waals surface area (Å²) in [5, 5.41) is 4.74. The van der Waals surface area contributed by atoms with Crippen molar-refractivity contribution in [1.29, 1.82) is 0 Å². The number of carbonyl (C=O) groups excluding carboxylic acids is 1. The maximum absolute atomic E-state index is 13.1. The molecule has 0 aliphatic heterocycles. The lowest BCUT2D eigenvalue weighted by atomic mass is 10.1. The first-order valence-corrected chi connectivity index (χ1v) is 10.2. The molecule has 3 rings (SSSR count). The molecule has 1 aromatic heterocycles. The van der Waals surface area contributed by atoms with E-state index in [0.29, 0.717) is 27.7 Å². The van der Waals surface area contributed by atoms with E-state index in [9.17, 15) is 4.79 Å². The van der Waals surface area contributed by atoms with Crippen molar-refractivity contribution in [3.63, 3.8) is 0 Å². The number of anilines is 1. The van der Waals surface area contributed by atoms with Crippen molar-refractivity contribution in [1.82, 2.24) is 0 Å². The molecule has 28 heavy (non-hydrogen) atoms. The fourth-order valence-electron chi connectivity index (χ4n) is 3.26. The molecule has 0 unspecified atom stereocenters. The number of benzene rings is 2. The van der Waals surface area contributed by atoms with Crippen molar-refractivity contribution < 1.29 is 13.9 Å². The van der Waals surface area contributed by atoms with E-state index in [0.717, 1.165) is 24.0 Å². The summed E-state index contributed by atoms with van der Waals surface area (Å²) >= 11 is 6.20. The molecule has 0 aliphatic rings. The third-order valence-corrected chi connectivity index (χ3v) is 5.09. The minimum absolute atomic E-state index is 0.200. The SMILES string of the molecule is CCCCCCCNc1c(C(=O)c2ccc(OC)c(Cl)c2)oc2ccccc12. The predicted octanol–water partition coefficient (Wildman–Crippen LogP) is 6.71. The number of ether oxygens (including phenoxy) is 1. The first-order valence-electron chi connectivity index (χ1n) is 9.79. The summed E-state index contributed by atoms with van der Waals surface area (Å²) in [6, 6.07) is 12.7. The van der Waals surface area contributed by atoms with Crippen LogP contribution in [0.5, 0.6) is 5.75 Å². The summed E-state index contributed by atoms with van der Waals surface area (Å²) in [6.07, 6.45) is 5.95. The van der Waals surface area contributed by atoms with Crippen molar-refractivity contribution >= 4 is 34.0 Å². The summed E-state index contributed by atoms with van der Waals surface area (Å²) < 4.78 is 11.1. The molecule has 0 bridgehead atoms. The number of furan rings is 1. The highest BCUT2D eigenvalue weighted by Gasteiger charge is 2.22. The number of hydrogen-bond donors (Lipinski definition) is 1. The Morgan fingerprint density at radius 2 is 1.89 bits per heavy atom. The number of carbonyl (C=O) groups is 1. The Morgan fingerprint density at radius 3 is 2.64 bits per heavy atom. The molecule has 1 heterocycles. The molecule has 0 saturated heterocycles. The van der Waals surface area contributed by atoms with Gasteiger partial charge < -0.3 is 14.5 Å². The second-order valence-corrected chi connectivity index (χ2v) is 7.23. The summed E-state index contributed by atoms with van der Waals surface area (Å²) in [5.74, 6) is 0.651. The Kier molecular flexibility index (Phi) is 6.99. The molecule has 3 aromatic rings. The molecule has 4 nitrogen and oxygen atoms in total. The van der Waals surface area contributed by atoms with Crippen LogP contribution in [0.3, 0.4) is 0 Å². The van der Waals surface area contributed by atoms with Gasteiger partial charge in [0.05, 0.1) is 17.8 Å². The maximum Gasteiger partial charge on any atom is 0.230 e. The topological polar surface area (TPSA) is 51.5 Å². The minimum atomic E-state index is -0.200. The number of halogens is 1. The number of unbranched alkanes of at least 4 members (excludes halogenated alkanes) is 4. The van der Waals surface area contributed by atoms with E-state index in [1.54, 1.807) is 25.3 Å². The number of rotatable bonds is 10. The van der Waals surface area contributed by atoms with Gasteiger partial charge in [-0.05, 0) is 36.8 Å². The number of nitrogens with one attached hydrogen (secondary N) is 1. The number of methoxy groups -OCH3 is 1. The van der Waals surface area contributed by atoms with Crippen molar-refractivity contribution in [2.45, 2.75) is 39.0 Å². The zero-order chi connectivity index (χ0) is 19.9. The highest BCUT2D eigenvalue weighted by molar-refractivity contribution is 6.32. The fraction of sp³-hybridized carbons (Fsp3) is 0.348. The van der Waals surface area contributed by atoms with Crippen LogP contribution < -0.4 is 10.1 Å². The zero-order valence-corrected chi connectivity index (χ0v) is 17.1. The lowest BCUT2D eigenvalue weighted by molar-refractivity contribution is 0.101. The number of ketones is 1. The van der Waals surface area contributed by atoms with Crippen LogP contribution in [-0.4, -0.2) is 19.4 Å². The first-order chi connectivity index (χ1) is 13.7. The summed E-state index contributed by atoms with van der Waals surface area (Å²) in [4.78, 5) is 13.1. The normalized spacial score (nSPS) is 11.0. The van der Waals surface area contributed by atoms with Gasteiger partial charge in [-0.3, -0.25) is 4.79 Å². The first kappa shape index (κ1) is 20.3. The molecule has 5 heteroatoms.